The summed E-state index contributed by atoms with van der Waals surface area (Å²) in [6.45, 7) is 0. The van der Waals surface area contributed by atoms with Crippen LogP contribution >= 0.6 is 20.7 Å². The normalized spacial score (nSPS) is 11.7. The summed E-state index contributed by atoms with van der Waals surface area (Å²) < 4.78 is 19.2. The van der Waals surface area contributed by atoms with E-state index in [9.17, 15) is 8.42 Å². The van der Waals surface area contributed by atoms with Gasteiger partial charge in [-0.25, -0.2) is 5.14 Å². The Morgan fingerprint density at radius 3 is 1.83 bits per heavy atom. The first-order valence-corrected chi connectivity index (χ1v) is 4.60. The lowest BCUT2D eigenvalue weighted by atomic mass is 14.0. The minimum absolute atomic E-state index is 0.104. The Morgan fingerprint density at radius 2 is 1.83 bits per heavy atom. The van der Waals surface area contributed by atoms with Crippen LogP contribution in [0.3, 0.4) is 0 Å². The van der Waals surface area contributed by atoms with E-state index in [0.29, 0.717) is 0 Å². The highest BCUT2D eigenvalue weighted by molar-refractivity contribution is 8.80. The monoisotopic (exact) mass is 147 g/mol. The van der Waals surface area contributed by atoms with Gasteiger partial charge in [0.05, 0.1) is 10.0 Å². The van der Waals surface area contributed by atoms with Gasteiger partial charge >= 0.3 is 0 Å². The molecule has 0 aromatic rings. The molecule has 0 aliphatic heterocycles. The highest BCUT2D eigenvalue weighted by Crippen LogP contribution is 2.10. The standard InChI is InChI=1S/ClH2NO2S2/c1-5-6(2,3)4/h(H2,2,3,4). The third-order valence-electron chi connectivity index (χ3n) is 0.0878. The molecule has 0 aliphatic carbocycles. The average molecular weight is 148 g/mol. The zero-order chi connectivity index (χ0) is 5.21. The van der Waals surface area contributed by atoms with Gasteiger partial charge in [-0.15, -0.1) is 0 Å². The van der Waals surface area contributed by atoms with Crippen LogP contribution in [0.25, 0.3) is 0 Å². The summed E-state index contributed by atoms with van der Waals surface area (Å²) in [5.41, 5.74) is 0. The second-order valence-corrected chi connectivity index (χ2v) is 4.57. The topological polar surface area (TPSA) is 60.2 Å². The van der Waals surface area contributed by atoms with E-state index in [1.165, 1.54) is 0 Å². The molecule has 0 atom stereocenters. The van der Waals surface area contributed by atoms with Crippen LogP contribution in [0, 0.1) is 0 Å². The molecule has 6 heteroatoms. The van der Waals surface area contributed by atoms with E-state index >= 15 is 0 Å². The molecule has 0 spiro atoms. The molecule has 0 heterocycles. The largest absolute Gasteiger partial charge is 0.277 e. The van der Waals surface area contributed by atoms with Crippen molar-refractivity contribution in [2.75, 3.05) is 0 Å². The maximum atomic E-state index is 9.61. The summed E-state index contributed by atoms with van der Waals surface area (Å²) in [4.78, 5) is 0. The lowest BCUT2D eigenvalue weighted by Gasteiger charge is -1.77. The van der Waals surface area contributed by atoms with Crippen LogP contribution in [0.2, 0.25) is 0 Å². The molecular formula is H2ClNO2S2. The van der Waals surface area contributed by atoms with E-state index < -0.39 is 9.06 Å². The van der Waals surface area contributed by atoms with Gasteiger partial charge in [-0.05, 0) is 10.7 Å². The highest BCUT2D eigenvalue weighted by atomic mass is 35.7. The van der Waals surface area contributed by atoms with E-state index in [1.807, 2.05) is 0 Å². The Kier molecular flexibility index (Phi) is 2.20. The molecule has 0 amide bonds. The first-order chi connectivity index (χ1) is 2.56. The van der Waals surface area contributed by atoms with Crippen LogP contribution in [-0.4, -0.2) is 8.42 Å². The van der Waals surface area contributed by atoms with Crippen molar-refractivity contribution in [1.29, 1.82) is 0 Å². The highest BCUT2D eigenvalue weighted by Gasteiger charge is 1.95. The van der Waals surface area contributed by atoms with Crippen LogP contribution in [0.4, 0.5) is 0 Å². The number of hydrogen-bond donors (Lipinski definition) is 1. The number of nitrogens with two attached hydrogens (primary N) is 1. The summed E-state index contributed by atoms with van der Waals surface area (Å²) in [5.74, 6) is 0. The molecule has 0 bridgehead atoms. The van der Waals surface area contributed by atoms with Gasteiger partial charge in [-0.1, -0.05) is 0 Å². The van der Waals surface area contributed by atoms with Crippen molar-refractivity contribution < 1.29 is 8.42 Å². The van der Waals surface area contributed by atoms with Gasteiger partial charge in [0, 0.05) is 0 Å². The van der Waals surface area contributed by atoms with Crippen LogP contribution < -0.4 is 5.14 Å². The van der Waals surface area contributed by atoms with Gasteiger partial charge in [-0.3, -0.25) is 0 Å². The van der Waals surface area contributed by atoms with Crippen molar-refractivity contribution in [3.63, 3.8) is 0 Å². The van der Waals surface area contributed by atoms with Crippen molar-refractivity contribution in [3.05, 3.63) is 0 Å². The van der Waals surface area contributed by atoms with Gasteiger partial charge in [0.25, 0.3) is 9.06 Å². The zero-order valence-electron chi connectivity index (χ0n) is 2.59. The third-order valence-corrected chi connectivity index (χ3v) is 2.37. The second kappa shape index (κ2) is 2.02. The summed E-state index contributed by atoms with van der Waals surface area (Å²) in [5, 5.41) is 4.34. The van der Waals surface area contributed by atoms with Crippen molar-refractivity contribution >= 4 is 29.7 Å². The molecule has 0 aromatic heterocycles. The summed E-state index contributed by atoms with van der Waals surface area (Å²) in [6.07, 6.45) is 0. The molecular weight excluding hydrogens is 146 g/mol. The number of rotatable bonds is 1. The predicted molar refractivity (Wildman–Crippen MR) is 26.6 cm³/mol. The smallest absolute Gasteiger partial charge is 0.219 e. The first kappa shape index (κ1) is 6.55. The molecule has 0 unspecified atom stereocenters. The Bertz CT molecular complexity index is 114. The van der Waals surface area contributed by atoms with Gasteiger partial charge in [0.15, 0.2) is 0 Å². The lowest BCUT2D eigenvalue weighted by Crippen LogP contribution is -2.02. The molecule has 0 saturated heterocycles. The van der Waals surface area contributed by atoms with Crippen LogP contribution in [0.1, 0.15) is 0 Å². The lowest BCUT2D eigenvalue weighted by molar-refractivity contribution is 0.612. The Labute approximate surface area is 43.8 Å². The number of halogens is 1. The van der Waals surface area contributed by atoms with Crippen molar-refractivity contribution in [2.45, 2.75) is 0 Å². The van der Waals surface area contributed by atoms with Crippen molar-refractivity contribution in [1.82, 2.24) is 0 Å². The first-order valence-electron chi connectivity index (χ1n) is 0.890. The fraction of sp³-hybridized carbons (Fsp3) is 0. The van der Waals surface area contributed by atoms with E-state index in [4.69, 9.17) is 0 Å². The summed E-state index contributed by atoms with van der Waals surface area (Å²) in [6, 6.07) is 0. The second-order valence-electron chi connectivity index (χ2n) is 0.556. The molecule has 0 saturated carbocycles. The van der Waals surface area contributed by atoms with Crippen LogP contribution in [-0.2, 0) is 9.06 Å². The molecule has 6 heavy (non-hydrogen) atoms. The molecule has 2 N–H and O–H groups in total. The third kappa shape index (κ3) is 4.55. The predicted octanol–water partition coefficient (Wildman–Crippen LogP) is 0.0769. The average Bonchev–Trinajstić information content (AvgIpc) is 1.35. The molecule has 0 aliphatic rings. The summed E-state index contributed by atoms with van der Waals surface area (Å²) in [7, 11) is 1.31. The minimum atomic E-state index is -3.48. The van der Waals surface area contributed by atoms with Gasteiger partial charge < -0.3 is 0 Å². The van der Waals surface area contributed by atoms with Crippen molar-refractivity contribution in [2.24, 2.45) is 5.14 Å². The van der Waals surface area contributed by atoms with Gasteiger partial charge in [0.2, 0.25) is 0 Å². The molecule has 0 aromatic carbocycles. The summed E-state index contributed by atoms with van der Waals surface area (Å²) >= 11 is 0. The minimum Gasteiger partial charge on any atom is -0.219 e. The van der Waals surface area contributed by atoms with E-state index in [0.717, 1.165) is 0 Å². The fourth-order valence-corrected chi connectivity index (χ4v) is 0. The molecule has 38 valence electrons. The number of hydrogen-bond acceptors (Lipinski definition) is 3. The molecule has 0 radical (unpaired) electrons. The maximum Gasteiger partial charge on any atom is 0.277 e. The SMILES string of the molecule is NS(=O)(=O)SCl. The Balaban J connectivity index is 3.85. The van der Waals surface area contributed by atoms with E-state index in [1.54, 1.807) is 0 Å². The maximum absolute atomic E-state index is 9.61. The Morgan fingerprint density at radius 1 is 1.67 bits per heavy atom. The molecule has 0 rings (SSSR count). The van der Waals surface area contributed by atoms with Gasteiger partial charge in [0.1, 0.15) is 0 Å². The van der Waals surface area contributed by atoms with Crippen LogP contribution in [0.15, 0.2) is 0 Å². The molecule has 3 nitrogen and oxygen atoms in total. The van der Waals surface area contributed by atoms with Crippen LogP contribution in [0.5, 0.6) is 0 Å². The quantitative estimate of drug-likeness (QED) is 0.535. The molecule has 0 fully saturated rings. The van der Waals surface area contributed by atoms with Crippen molar-refractivity contribution in [3.8, 4) is 0 Å². The zero-order valence-corrected chi connectivity index (χ0v) is 4.98. The van der Waals surface area contributed by atoms with E-state index in [-0.39, 0.29) is 10.0 Å². The van der Waals surface area contributed by atoms with E-state index in [2.05, 4.69) is 15.8 Å². The fourth-order valence-electron chi connectivity index (χ4n) is 0. The van der Waals surface area contributed by atoms with Gasteiger partial charge in [-0.2, -0.15) is 8.42 Å². The Hall–Kier alpha value is 0.550.